The van der Waals surface area contributed by atoms with E-state index >= 15 is 0 Å². The molecule has 5 heteroatoms. The van der Waals surface area contributed by atoms with Crippen molar-refractivity contribution in [3.63, 3.8) is 0 Å². The van der Waals surface area contributed by atoms with Crippen LogP contribution in [0.25, 0.3) is 0 Å². The summed E-state index contributed by atoms with van der Waals surface area (Å²) in [6, 6.07) is 2.14. The number of carbonyl (C=O) groups is 1. The minimum absolute atomic E-state index is 0.0283. The van der Waals surface area contributed by atoms with Crippen LogP contribution in [0.1, 0.15) is 26.7 Å². The van der Waals surface area contributed by atoms with E-state index in [0.717, 1.165) is 13.0 Å². The summed E-state index contributed by atoms with van der Waals surface area (Å²) in [7, 11) is 0. The molecule has 0 heterocycles. The monoisotopic (exact) mass is 227 g/mol. The second-order valence-electron chi connectivity index (χ2n) is 4.52. The van der Waals surface area contributed by atoms with Crippen LogP contribution in [0.5, 0.6) is 0 Å². The first-order chi connectivity index (χ1) is 7.48. The summed E-state index contributed by atoms with van der Waals surface area (Å²) in [5, 5.41) is 11.7. The second kappa shape index (κ2) is 8.08. The van der Waals surface area contributed by atoms with E-state index in [9.17, 15) is 4.79 Å². The lowest BCUT2D eigenvalue weighted by atomic mass is 9.88. The largest absolute Gasteiger partial charge is 0.370 e. The summed E-state index contributed by atoms with van der Waals surface area (Å²) in [4.78, 5) is 10.4. The number of nitrogens with zero attached hydrogens (tertiary/aromatic N) is 1. The Bertz CT molecular complexity index is 246. The molecule has 0 saturated heterocycles. The third kappa shape index (κ3) is 9.44. The first kappa shape index (κ1) is 14.9. The van der Waals surface area contributed by atoms with E-state index in [0.29, 0.717) is 19.6 Å². The number of nitrogens with two attached hydrogens (primary N) is 1. The number of hydrogen-bond acceptors (Lipinski definition) is 4. The van der Waals surface area contributed by atoms with Crippen LogP contribution in [0.4, 0.5) is 0 Å². The standard InChI is InChI=1S/C11H21N3O2/c1-11(2,4-3-5-12)9-14-6-7-16-8-10(13)15/h14H,3-4,6-9H2,1-2H3,(H2,13,15). The van der Waals surface area contributed by atoms with Gasteiger partial charge in [0, 0.05) is 19.5 Å². The number of primary amides is 1. The molecule has 5 nitrogen and oxygen atoms in total. The predicted octanol–water partition coefficient (Wildman–Crippen LogP) is 0.408. The number of ether oxygens (including phenoxy) is 1. The van der Waals surface area contributed by atoms with Crippen molar-refractivity contribution in [2.24, 2.45) is 11.1 Å². The van der Waals surface area contributed by atoms with Gasteiger partial charge in [-0.1, -0.05) is 13.8 Å². The molecule has 0 radical (unpaired) electrons. The highest BCUT2D eigenvalue weighted by molar-refractivity contribution is 5.74. The van der Waals surface area contributed by atoms with E-state index in [4.69, 9.17) is 15.7 Å². The lowest BCUT2D eigenvalue weighted by molar-refractivity contribution is -0.122. The predicted molar refractivity (Wildman–Crippen MR) is 61.5 cm³/mol. The number of hydrogen-bond donors (Lipinski definition) is 2. The molecule has 92 valence electrons. The zero-order chi connectivity index (χ0) is 12.4. The van der Waals surface area contributed by atoms with E-state index < -0.39 is 5.91 Å². The van der Waals surface area contributed by atoms with Crippen LogP contribution in [-0.4, -0.2) is 32.2 Å². The zero-order valence-electron chi connectivity index (χ0n) is 10.1. The van der Waals surface area contributed by atoms with Gasteiger partial charge in [-0.3, -0.25) is 4.79 Å². The molecule has 0 spiro atoms. The number of amides is 1. The zero-order valence-corrected chi connectivity index (χ0v) is 10.1. The molecule has 0 rings (SSSR count). The Morgan fingerprint density at radius 1 is 1.56 bits per heavy atom. The first-order valence-electron chi connectivity index (χ1n) is 5.42. The maximum absolute atomic E-state index is 10.4. The smallest absolute Gasteiger partial charge is 0.243 e. The Morgan fingerprint density at radius 2 is 2.25 bits per heavy atom. The highest BCUT2D eigenvalue weighted by atomic mass is 16.5. The molecule has 0 atom stereocenters. The van der Waals surface area contributed by atoms with Crippen molar-refractivity contribution in [1.82, 2.24) is 5.32 Å². The third-order valence-corrected chi connectivity index (χ3v) is 2.18. The average Bonchev–Trinajstić information content (AvgIpc) is 2.20. The van der Waals surface area contributed by atoms with Gasteiger partial charge in [-0.05, 0) is 11.8 Å². The molecule has 0 aliphatic carbocycles. The van der Waals surface area contributed by atoms with Gasteiger partial charge in [-0.25, -0.2) is 0 Å². The van der Waals surface area contributed by atoms with Crippen molar-refractivity contribution in [1.29, 1.82) is 5.26 Å². The summed E-state index contributed by atoms with van der Waals surface area (Å²) < 4.78 is 5.00. The second-order valence-corrected chi connectivity index (χ2v) is 4.52. The molecule has 0 unspecified atom stereocenters. The fourth-order valence-corrected chi connectivity index (χ4v) is 1.23. The van der Waals surface area contributed by atoms with E-state index in [-0.39, 0.29) is 12.0 Å². The summed E-state index contributed by atoms with van der Waals surface area (Å²) in [5.41, 5.74) is 5.03. The van der Waals surface area contributed by atoms with Crippen molar-refractivity contribution in [2.45, 2.75) is 26.7 Å². The van der Waals surface area contributed by atoms with Crippen molar-refractivity contribution >= 4 is 5.91 Å². The molecular weight excluding hydrogens is 206 g/mol. The minimum atomic E-state index is -0.450. The molecule has 0 aromatic carbocycles. The lowest BCUT2D eigenvalue weighted by Crippen LogP contribution is -2.32. The van der Waals surface area contributed by atoms with Gasteiger partial charge in [0.05, 0.1) is 12.7 Å². The Balaban J connectivity index is 3.43. The third-order valence-electron chi connectivity index (χ3n) is 2.18. The van der Waals surface area contributed by atoms with Crippen LogP contribution >= 0.6 is 0 Å². The van der Waals surface area contributed by atoms with Crippen LogP contribution in [0.2, 0.25) is 0 Å². The number of rotatable bonds is 9. The normalized spacial score (nSPS) is 11.1. The Hall–Kier alpha value is -1.12. The van der Waals surface area contributed by atoms with Crippen molar-refractivity contribution in [3.8, 4) is 6.07 Å². The number of nitriles is 1. The SMILES string of the molecule is CC(C)(CCC#N)CNCCOCC(N)=O. The molecule has 0 aromatic rings. The highest BCUT2D eigenvalue weighted by Gasteiger charge is 2.16. The quantitative estimate of drug-likeness (QED) is 0.558. The fourth-order valence-electron chi connectivity index (χ4n) is 1.23. The summed E-state index contributed by atoms with van der Waals surface area (Å²) in [6.07, 6.45) is 1.45. The van der Waals surface area contributed by atoms with Gasteiger partial charge in [0.1, 0.15) is 6.61 Å². The molecule has 1 amide bonds. The topological polar surface area (TPSA) is 88.1 Å². The van der Waals surface area contributed by atoms with Gasteiger partial charge in [0.15, 0.2) is 0 Å². The van der Waals surface area contributed by atoms with Gasteiger partial charge in [0.2, 0.25) is 5.91 Å². The van der Waals surface area contributed by atoms with E-state index in [1.165, 1.54) is 0 Å². The van der Waals surface area contributed by atoms with Gasteiger partial charge in [-0.2, -0.15) is 5.26 Å². The van der Waals surface area contributed by atoms with Gasteiger partial charge < -0.3 is 15.8 Å². The summed E-state index contributed by atoms with van der Waals surface area (Å²) in [5.74, 6) is -0.450. The van der Waals surface area contributed by atoms with Crippen LogP contribution in [0.3, 0.4) is 0 Å². The minimum Gasteiger partial charge on any atom is -0.370 e. The summed E-state index contributed by atoms with van der Waals surface area (Å²) >= 11 is 0. The van der Waals surface area contributed by atoms with Crippen LogP contribution < -0.4 is 11.1 Å². The van der Waals surface area contributed by atoms with Crippen molar-refractivity contribution in [3.05, 3.63) is 0 Å². The molecule has 3 N–H and O–H groups in total. The lowest BCUT2D eigenvalue weighted by Gasteiger charge is -2.23. The molecule has 16 heavy (non-hydrogen) atoms. The average molecular weight is 227 g/mol. The molecular formula is C11H21N3O2. The molecule has 0 bridgehead atoms. The first-order valence-corrected chi connectivity index (χ1v) is 5.42. The van der Waals surface area contributed by atoms with Crippen molar-refractivity contribution < 1.29 is 9.53 Å². The highest BCUT2D eigenvalue weighted by Crippen LogP contribution is 2.20. The summed E-state index contributed by atoms with van der Waals surface area (Å²) in [6.45, 7) is 6.18. The number of carbonyl (C=O) groups excluding carboxylic acids is 1. The maximum atomic E-state index is 10.4. The van der Waals surface area contributed by atoms with E-state index in [2.05, 4.69) is 25.2 Å². The molecule has 0 aliphatic heterocycles. The molecule has 0 saturated carbocycles. The molecule has 0 aliphatic rings. The van der Waals surface area contributed by atoms with Gasteiger partial charge in [0.25, 0.3) is 0 Å². The van der Waals surface area contributed by atoms with E-state index in [1.54, 1.807) is 0 Å². The Kier molecular flexibility index (Phi) is 7.52. The fraction of sp³-hybridized carbons (Fsp3) is 0.818. The number of nitrogens with one attached hydrogen (secondary N) is 1. The Morgan fingerprint density at radius 3 is 2.81 bits per heavy atom. The van der Waals surface area contributed by atoms with Crippen LogP contribution in [0.15, 0.2) is 0 Å². The van der Waals surface area contributed by atoms with Gasteiger partial charge >= 0.3 is 0 Å². The van der Waals surface area contributed by atoms with E-state index in [1.807, 2.05) is 0 Å². The van der Waals surface area contributed by atoms with Crippen molar-refractivity contribution in [2.75, 3.05) is 26.3 Å². The Labute approximate surface area is 96.9 Å². The van der Waals surface area contributed by atoms with Crippen LogP contribution in [-0.2, 0) is 9.53 Å². The molecule has 0 aromatic heterocycles. The maximum Gasteiger partial charge on any atom is 0.243 e. The van der Waals surface area contributed by atoms with Crippen LogP contribution in [0, 0.1) is 16.7 Å². The van der Waals surface area contributed by atoms with Gasteiger partial charge in [-0.15, -0.1) is 0 Å². The molecule has 0 fully saturated rings.